The van der Waals surface area contributed by atoms with Crippen molar-refractivity contribution in [1.82, 2.24) is 25.0 Å². The number of nitrogens with zero attached hydrogens (tertiary/aromatic N) is 6. The van der Waals surface area contributed by atoms with Crippen molar-refractivity contribution < 1.29 is 14.0 Å². The Morgan fingerprint density at radius 1 is 1.18 bits per heavy atom. The predicted molar refractivity (Wildman–Crippen MR) is 153 cm³/mol. The van der Waals surface area contributed by atoms with Gasteiger partial charge in [0.05, 0.1) is 48.8 Å². The molecule has 0 radical (unpaired) electrons. The topological polar surface area (TPSA) is 104 Å². The summed E-state index contributed by atoms with van der Waals surface area (Å²) >= 11 is 6.70. The van der Waals surface area contributed by atoms with E-state index < -0.39 is 31.2 Å². The lowest BCUT2D eigenvalue weighted by molar-refractivity contribution is 0.581. The minimum absolute atomic E-state index is 0.0110. The highest BCUT2D eigenvalue weighted by Crippen LogP contribution is 2.38. The molecule has 6 rings (SSSR count). The smallest absolute Gasteiger partial charge is 0.212 e. The maximum absolute atomic E-state index is 13.8. The van der Waals surface area contributed by atoms with Gasteiger partial charge in [0.25, 0.3) is 0 Å². The van der Waals surface area contributed by atoms with Gasteiger partial charge in [-0.05, 0) is 48.5 Å². The van der Waals surface area contributed by atoms with Gasteiger partial charge in [0.15, 0.2) is 0 Å². The average Bonchev–Trinajstić information content (AvgIpc) is 3.76. The number of hydrogen-bond acceptors (Lipinski definition) is 7. The van der Waals surface area contributed by atoms with Crippen LogP contribution in [-0.4, -0.2) is 25.0 Å². The van der Waals surface area contributed by atoms with Crippen LogP contribution in [0.5, 0.6) is 0 Å². The van der Waals surface area contributed by atoms with Crippen LogP contribution in [0.3, 0.4) is 0 Å². The number of aromatic nitrogens is 5. The van der Waals surface area contributed by atoms with Crippen molar-refractivity contribution in [3.05, 3.63) is 107 Å². The van der Waals surface area contributed by atoms with Crippen molar-refractivity contribution in [2.75, 3.05) is 10.6 Å². The van der Waals surface area contributed by atoms with Crippen LogP contribution < -0.4 is 10.6 Å². The number of nitrogens with one attached hydrogen (secondary N) is 2. The van der Waals surface area contributed by atoms with Crippen LogP contribution in [0.25, 0.3) is 10.9 Å². The van der Waals surface area contributed by atoms with E-state index in [9.17, 15) is 12.4 Å². The summed E-state index contributed by atoms with van der Waals surface area (Å²) in [6.07, 6.45) is 2.67. The Hall–Kier alpha value is -4.55. The number of halogens is 2. The van der Waals surface area contributed by atoms with Crippen molar-refractivity contribution in [1.29, 1.82) is 5.26 Å². The lowest BCUT2D eigenvalue weighted by Gasteiger charge is -2.22. The fraction of sp³-hybridized carbons (Fsp3) is 0.233. The minimum Gasteiger partial charge on any atom is -0.377 e. The molecule has 0 bridgehead atoms. The van der Waals surface area contributed by atoms with Gasteiger partial charge >= 0.3 is 0 Å². The van der Waals surface area contributed by atoms with Crippen LogP contribution >= 0.6 is 11.6 Å². The molecular formula is C30H26ClFN8. The molecule has 0 unspecified atom stereocenters. The van der Waals surface area contributed by atoms with E-state index in [2.05, 4.69) is 30.9 Å². The van der Waals surface area contributed by atoms with Crippen molar-refractivity contribution in [3.63, 3.8) is 0 Å². The van der Waals surface area contributed by atoms with E-state index in [4.69, 9.17) is 18.5 Å². The molecule has 1 aliphatic carbocycles. The van der Waals surface area contributed by atoms with Crippen LogP contribution in [-0.2, 0) is 0 Å². The molecule has 3 heterocycles. The summed E-state index contributed by atoms with van der Waals surface area (Å²) in [5.74, 6) is -0.744. The molecule has 1 fully saturated rings. The summed E-state index contributed by atoms with van der Waals surface area (Å²) in [6.45, 7) is -3.26. The molecular weight excluding hydrogens is 527 g/mol. The summed E-state index contributed by atoms with van der Waals surface area (Å²) < 4.78 is 75.6. The molecule has 1 aliphatic rings. The van der Waals surface area contributed by atoms with Gasteiger partial charge < -0.3 is 10.6 Å². The van der Waals surface area contributed by atoms with Gasteiger partial charge in [-0.25, -0.2) is 9.67 Å². The Bertz CT molecular complexity index is 2000. The molecule has 0 saturated heterocycles. The molecule has 8 nitrogen and oxygen atoms in total. The summed E-state index contributed by atoms with van der Waals surface area (Å²) in [6, 6.07) is 10.6. The lowest BCUT2D eigenvalue weighted by atomic mass is 10.0. The van der Waals surface area contributed by atoms with Gasteiger partial charge in [-0.2, -0.15) is 9.65 Å². The number of fused-ring (bicyclic) bond motifs is 1. The van der Waals surface area contributed by atoms with Crippen molar-refractivity contribution in [3.8, 4) is 6.07 Å². The van der Waals surface area contributed by atoms with Crippen LogP contribution in [0, 0.1) is 17.3 Å². The zero-order valence-corrected chi connectivity index (χ0v) is 21.6. The van der Waals surface area contributed by atoms with Crippen molar-refractivity contribution in [2.45, 2.75) is 44.1 Å². The van der Waals surface area contributed by atoms with Gasteiger partial charge in [0.2, 0.25) is 5.95 Å². The average molecular weight is 560 g/mol. The standard InChI is InChI=1S/C30H26ClFN8/c1-2-25(18-6-4-3-5-7-18)37-28-20(14-33)16-35-30-23(28)12-21(13-24(30)31)36-29(19-8-11-27(32)34-15-19)26-17-40(39-38-26)22-9-10-22/h3-8,11-13,15-17,22,25,29,36H,2,9-10H2,1H3,(H,35,37)/t25-,29+/m1/s1/i1D3,2D2,25D,29D. The second-order valence-electron chi connectivity index (χ2n) is 9.19. The van der Waals surface area contributed by atoms with Crippen LogP contribution in [0.4, 0.5) is 15.8 Å². The maximum Gasteiger partial charge on any atom is 0.212 e. The Morgan fingerprint density at radius 2 is 2.02 bits per heavy atom. The fourth-order valence-electron chi connectivity index (χ4n) is 4.32. The van der Waals surface area contributed by atoms with E-state index in [1.54, 1.807) is 29.1 Å². The Balaban J connectivity index is 1.52. The third kappa shape index (κ3) is 5.18. The quantitative estimate of drug-likeness (QED) is 0.188. The van der Waals surface area contributed by atoms with Crippen LogP contribution in [0.1, 0.15) is 76.1 Å². The van der Waals surface area contributed by atoms with Crippen LogP contribution in [0.2, 0.25) is 5.02 Å². The monoisotopic (exact) mass is 559 g/mol. The summed E-state index contributed by atoms with van der Waals surface area (Å²) in [5, 5.41) is 24.5. The molecule has 3 aromatic heterocycles. The number of anilines is 2. The third-order valence-electron chi connectivity index (χ3n) is 6.46. The highest BCUT2D eigenvalue weighted by Gasteiger charge is 2.27. The number of nitriles is 1. The summed E-state index contributed by atoms with van der Waals surface area (Å²) in [5.41, 5.74) is 0.527. The first-order chi connectivity index (χ1) is 22.2. The van der Waals surface area contributed by atoms with Crippen LogP contribution in [0.15, 0.2) is 73.2 Å². The molecule has 0 spiro atoms. The first-order valence-corrected chi connectivity index (χ1v) is 12.7. The first kappa shape index (κ1) is 18.7. The summed E-state index contributed by atoms with van der Waals surface area (Å²) in [4.78, 5) is 8.02. The van der Waals surface area contributed by atoms with Gasteiger partial charge in [-0.15, -0.1) is 5.10 Å². The zero-order chi connectivity index (χ0) is 33.8. The SMILES string of the molecule is [2H]C([2H])([2H])C([2H])([2H])[C@@]([2H])(Nc1c(C#N)cnc2c(Cl)cc(N[C@@]([2H])(c3ccc(F)nc3)c3cn(C4CC4)nn3)cc12)c1ccccc1. The highest BCUT2D eigenvalue weighted by molar-refractivity contribution is 6.35. The number of rotatable bonds is 9. The number of benzene rings is 2. The third-order valence-corrected chi connectivity index (χ3v) is 6.74. The zero-order valence-electron chi connectivity index (χ0n) is 27.9. The molecule has 2 aromatic carbocycles. The summed E-state index contributed by atoms with van der Waals surface area (Å²) in [7, 11) is 0. The van der Waals surface area contributed by atoms with E-state index in [-0.39, 0.29) is 55.7 Å². The Labute approximate surface area is 245 Å². The molecule has 5 aromatic rings. The minimum atomic E-state index is -3.26. The second kappa shape index (κ2) is 10.9. The normalized spacial score (nSPS) is 19.3. The van der Waals surface area contributed by atoms with Gasteiger partial charge in [0, 0.05) is 30.3 Å². The van der Waals surface area contributed by atoms with Gasteiger partial charge in [0.1, 0.15) is 11.8 Å². The largest absolute Gasteiger partial charge is 0.377 e. The first-order valence-electron chi connectivity index (χ1n) is 15.9. The molecule has 2 atom stereocenters. The lowest BCUT2D eigenvalue weighted by Crippen LogP contribution is -2.14. The van der Waals surface area contributed by atoms with Crippen molar-refractivity contribution in [2.24, 2.45) is 0 Å². The fourth-order valence-corrected chi connectivity index (χ4v) is 4.59. The molecule has 10 heteroatoms. The van der Waals surface area contributed by atoms with E-state index in [1.165, 1.54) is 42.7 Å². The maximum atomic E-state index is 13.8. The predicted octanol–water partition coefficient (Wildman–Crippen LogP) is 6.99. The molecule has 40 heavy (non-hydrogen) atoms. The van der Waals surface area contributed by atoms with E-state index in [0.717, 1.165) is 18.9 Å². The number of hydrogen-bond donors (Lipinski definition) is 2. The molecule has 1 saturated carbocycles. The number of pyridine rings is 2. The Kier molecular flexibility index (Phi) is 5.09. The van der Waals surface area contributed by atoms with E-state index >= 15 is 0 Å². The van der Waals surface area contributed by atoms with E-state index in [1.807, 2.05) is 6.07 Å². The molecule has 2 N–H and O–H groups in total. The Morgan fingerprint density at radius 3 is 2.75 bits per heavy atom. The van der Waals surface area contributed by atoms with Crippen molar-refractivity contribution >= 4 is 33.9 Å². The second-order valence-corrected chi connectivity index (χ2v) is 9.60. The molecule has 0 amide bonds. The van der Waals surface area contributed by atoms with Gasteiger partial charge in [-0.1, -0.05) is 60.1 Å². The highest BCUT2D eigenvalue weighted by atomic mass is 35.5. The molecule has 200 valence electrons. The van der Waals surface area contributed by atoms with E-state index in [0.29, 0.717) is 0 Å². The van der Waals surface area contributed by atoms with Gasteiger partial charge in [-0.3, -0.25) is 4.98 Å². The molecule has 0 aliphatic heterocycles.